The second-order valence-electron chi connectivity index (χ2n) is 6.81. The van der Waals surface area contributed by atoms with Gasteiger partial charge in [0.2, 0.25) is 12.0 Å². The first-order valence-electron chi connectivity index (χ1n) is 9.47. The van der Waals surface area contributed by atoms with Crippen LogP contribution in [0.4, 0.5) is 0 Å². The summed E-state index contributed by atoms with van der Waals surface area (Å²) in [4.78, 5) is 49.9. The molecule has 0 saturated heterocycles. The molecule has 0 aromatic heterocycles. The fourth-order valence-electron chi connectivity index (χ4n) is 3.26. The molecule has 154 valence electrons. The van der Waals surface area contributed by atoms with Crippen LogP contribution in [0.25, 0.3) is 0 Å². The molecule has 30 heavy (non-hydrogen) atoms. The molecule has 4 amide bonds. The Balaban J connectivity index is 1.20. The highest BCUT2D eigenvalue weighted by Crippen LogP contribution is 2.30. The van der Waals surface area contributed by atoms with Gasteiger partial charge in [-0.25, -0.2) is 0 Å². The third-order valence-electron chi connectivity index (χ3n) is 4.79. The van der Waals surface area contributed by atoms with Crippen LogP contribution in [-0.2, 0) is 9.59 Å². The van der Waals surface area contributed by atoms with Gasteiger partial charge in [-0.1, -0.05) is 24.3 Å². The van der Waals surface area contributed by atoms with Crippen molar-refractivity contribution in [1.82, 2.24) is 15.8 Å². The van der Waals surface area contributed by atoms with E-state index in [-0.39, 0.29) is 37.8 Å². The molecular formula is C21H19N3O6. The topological polar surface area (TPSA) is 114 Å². The van der Waals surface area contributed by atoms with Gasteiger partial charge in [-0.3, -0.25) is 34.9 Å². The Hall–Kier alpha value is -3.88. The highest BCUT2D eigenvalue weighted by molar-refractivity contribution is 6.21. The average Bonchev–Trinajstić information content (AvgIpc) is 3.02. The van der Waals surface area contributed by atoms with Crippen LogP contribution in [0.1, 0.15) is 33.6 Å². The van der Waals surface area contributed by atoms with Crippen LogP contribution in [0.3, 0.4) is 0 Å². The zero-order valence-electron chi connectivity index (χ0n) is 15.9. The smallest absolute Gasteiger partial charge is 0.283 e. The molecule has 2 aliphatic rings. The fourth-order valence-corrected chi connectivity index (χ4v) is 3.26. The zero-order chi connectivity index (χ0) is 21.1. The van der Waals surface area contributed by atoms with Crippen molar-refractivity contribution in [1.29, 1.82) is 0 Å². The van der Waals surface area contributed by atoms with Crippen molar-refractivity contribution in [2.45, 2.75) is 18.9 Å². The summed E-state index contributed by atoms with van der Waals surface area (Å²) < 4.78 is 11.0. The minimum Gasteiger partial charge on any atom is -0.485 e. The van der Waals surface area contributed by atoms with Gasteiger partial charge in [-0.15, -0.1) is 0 Å². The van der Waals surface area contributed by atoms with Crippen molar-refractivity contribution in [2.24, 2.45) is 0 Å². The second-order valence-corrected chi connectivity index (χ2v) is 6.81. The fraction of sp³-hybridized carbons (Fsp3) is 0.238. The number of nitrogens with zero attached hydrogens (tertiary/aromatic N) is 1. The molecule has 9 nitrogen and oxygen atoms in total. The predicted molar refractivity (Wildman–Crippen MR) is 104 cm³/mol. The Labute approximate surface area is 171 Å². The number of rotatable bonds is 5. The lowest BCUT2D eigenvalue weighted by Crippen LogP contribution is -2.50. The molecule has 0 spiro atoms. The van der Waals surface area contributed by atoms with Gasteiger partial charge in [0.1, 0.15) is 6.61 Å². The highest BCUT2D eigenvalue weighted by Gasteiger charge is 2.34. The van der Waals surface area contributed by atoms with Gasteiger partial charge >= 0.3 is 0 Å². The van der Waals surface area contributed by atoms with Gasteiger partial charge < -0.3 is 9.47 Å². The quantitative estimate of drug-likeness (QED) is 0.564. The first-order valence-corrected chi connectivity index (χ1v) is 9.47. The molecule has 2 aromatic rings. The number of carbonyl (C=O) groups excluding carboxylic acids is 4. The maximum atomic E-state index is 12.3. The molecule has 2 N–H and O–H groups in total. The summed E-state index contributed by atoms with van der Waals surface area (Å²) in [5, 5.41) is 0. The molecule has 0 saturated carbocycles. The van der Waals surface area contributed by atoms with Crippen LogP contribution in [0.15, 0.2) is 48.5 Å². The number of para-hydroxylation sites is 2. The number of amides is 4. The lowest BCUT2D eigenvalue weighted by molar-refractivity contribution is -0.135. The zero-order valence-corrected chi connectivity index (χ0v) is 15.9. The van der Waals surface area contributed by atoms with Crippen molar-refractivity contribution in [3.63, 3.8) is 0 Å². The van der Waals surface area contributed by atoms with Crippen molar-refractivity contribution in [3.05, 3.63) is 59.7 Å². The Bertz CT molecular complexity index is 986. The third kappa shape index (κ3) is 3.82. The lowest BCUT2D eigenvalue weighted by atomic mass is 10.1. The molecule has 2 aliphatic heterocycles. The molecule has 2 heterocycles. The summed E-state index contributed by atoms with van der Waals surface area (Å²) in [6, 6.07) is 13.6. The van der Waals surface area contributed by atoms with Crippen LogP contribution in [0.2, 0.25) is 0 Å². The van der Waals surface area contributed by atoms with E-state index in [0.717, 1.165) is 4.90 Å². The SMILES string of the molecule is O=C(CCCN1C(=O)c2ccccc2C1=O)NNC(=O)[C@@H]1COc2ccccc2O1. The maximum absolute atomic E-state index is 12.3. The van der Waals surface area contributed by atoms with E-state index in [1.807, 2.05) is 0 Å². The van der Waals surface area contributed by atoms with E-state index >= 15 is 0 Å². The van der Waals surface area contributed by atoms with Gasteiger partial charge in [0, 0.05) is 13.0 Å². The van der Waals surface area contributed by atoms with Crippen molar-refractivity contribution >= 4 is 23.6 Å². The van der Waals surface area contributed by atoms with Gasteiger partial charge in [0.25, 0.3) is 17.7 Å². The summed E-state index contributed by atoms with van der Waals surface area (Å²) in [5.74, 6) is -0.705. The van der Waals surface area contributed by atoms with Gasteiger partial charge in [-0.05, 0) is 30.7 Å². The first kappa shape index (κ1) is 19.4. The van der Waals surface area contributed by atoms with Crippen LogP contribution in [0, 0.1) is 0 Å². The van der Waals surface area contributed by atoms with E-state index in [4.69, 9.17) is 9.47 Å². The predicted octanol–water partition coefficient (Wildman–Crippen LogP) is 1.05. The number of benzene rings is 2. The number of hydrazine groups is 1. The number of imide groups is 1. The number of carbonyl (C=O) groups is 4. The molecule has 9 heteroatoms. The van der Waals surface area contributed by atoms with Crippen molar-refractivity contribution < 1.29 is 28.7 Å². The average molecular weight is 409 g/mol. The van der Waals surface area contributed by atoms with Crippen LogP contribution >= 0.6 is 0 Å². The largest absolute Gasteiger partial charge is 0.485 e. The van der Waals surface area contributed by atoms with Crippen LogP contribution in [-0.4, -0.2) is 47.8 Å². The number of ether oxygens (including phenoxy) is 2. The van der Waals surface area contributed by atoms with Gasteiger partial charge in [0.05, 0.1) is 11.1 Å². The van der Waals surface area contributed by atoms with Gasteiger partial charge in [-0.2, -0.15) is 0 Å². The Kier molecular flexibility index (Phi) is 5.34. The van der Waals surface area contributed by atoms with Crippen LogP contribution < -0.4 is 20.3 Å². The molecular weight excluding hydrogens is 390 g/mol. The molecule has 0 radical (unpaired) electrons. The van der Waals surface area contributed by atoms with E-state index in [0.29, 0.717) is 22.6 Å². The summed E-state index contributed by atoms with van der Waals surface area (Å²) >= 11 is 0. The molecule has 0 aliphatic carbocycles. The van der Waals surface area contributed by atoms with Crippen LogP contribution in [0.5, 0.6) is 11.5 Å². The molecule has 0 unspecified atom stereocenters. The molecule has 4 rings (SSSR count). The molecule has 0 fully saturated rings. The standard InChI is InChI=1S/C21H19N3O6/c25-18(10-5-11-24-20(27)13-6-1-2-7-14(13)21(24)28)22-23-19(26)17-12-29-15-8-3-4-9-16(15)30-17/h1-4,6-9,17H,5,10-12H2,(H,22,25)(H,23,26)/t17-/m0/s1. The number of hydrogen-bond donors (Lipinski definition) is 2. The second kappa shape index (κ2) is 8.24. The minimum atomic E-state index is -0.890. The van der Waals surface area contributed by atoms with E-state index in [1.165, 1.54) is 0 Å². The summed E-state index contributed by atoms with van der Waals surface area (Å²) in [6.45, 7) is 0.141. The minimum absolute atomic E-state index is 0.0262. The van der Waals surface area contributed by atoms with E-state index in [9.17, 15) is 19.2 Å². The summed E-state index contributed by atoms with van der Waals surface area (Å²) in [5.41, 5.74) is 5.35. The molecule has 2 aromatic carbocycles. The van der Waals surface area contributed by atoms with E-state index in [1.54, 1.807) is 48.5 Å². The number of fused-ring (bicyclic) bond motifs is 2. The van der Waals surface area contributed by atoms with Gasteiger partial charge in [0.15, 0.2) is 11.5 Å². The van der Waals surface area contributed by atoms with Crippen molar-refractivity contribution in [2.75, 3.05) is 13.2 Å². The number of nitrogens with one attached hydrogen (secondary N) is 2. The lowest BCUT2D eigenvalue weighted by Gasteiger charge is -2.25. The number of hydrogen-bond acceptors (Lipinski definition) is 6. The molecule has 1 atom stereocenters. The van der Waals surface area contributed by atoms with Crippen molar-refractivity contribution in [3.8, 4) is 11.5 Å². The van der Waals surface area contributed by atoms with E-state index < -0.39 is 17.9 Å². The first-order chi connectivity index (χ1) is 14.5. The Morgan fingerprint density at radius 3 is 2.27 bits per heavy atom. The third-order valence-corrected chi connectivity index (χ3v) is 4.79. The maximum Gasteiger partial charge on any atom is 0.283 e. The molecule has 0 bridgehead atoms. The monoisotopic (exact) mass is 409 g/mol. The Morgan fingerprint density at radius 1 is 0.933 bits per heavy atom. The summed E-state index contributed by atoms with van der Waals surface area (Å²) in [6.07, 6.45) is -0.596. The normalized spacial score (nSPS) is 16.8. The van der Waals surface area contributed by atoms with E-state index in [2.05, 4.69) is 10.9 Å². The highest BCUT2D eigenvalue weighted by atomic mass is 16.6. The Morgan fingerprint density at radius 2 is 1.57 bits per heavy atom. The summed E-state index contributed by atoms with van der Waals surface area (Å²) in [7, 11) is 0.